The van der Waals surface area contributed by atoms with Gasteiger partial charge in [-0.1, -0.05) is 54.1 Å². The molecule has 1 aliphatic carbocycles. The summed E-state index contributed by atoms with van der Waals surface area (Å²) in [7, 11) is -0.806. The zero-order valence-electron chi connectivity index (χ0n) is 18.7. The Bertz CT molecular complexity index is 921. The SMILES string of the molecule is C[S@@](=O)CCN[C@H]1CCC[C@@H]2[C@H]1[C@@H](c1ccc(Cl)cc1)CC(=O)N2CCc1ccccc1. The summed E-state index contributed by atoms with van der Waals surface area (Å²) in [6, 6.07) is 19.0. The number of amides is 1. The van der Waals surface area contributed by atoms with E-state index >= 15 is 0 Å². The summed E-state index contributed by atoms with van der Waals surface area (Å²) >= 11 is 6.15. The first kappa shape index (κ1) is 23.5. The number of carbonyl (C=O) groups is 1. The van der Waals surface area contributed by atoms with Gasteiger partial charge in [0, 0.05) is 65.3 Å². The minimum Gasteiger partial charge on any atom is -0.339 e. The maximum atomic E-state index is 13.4. The second-order valence-corrected chi connectivity index (χ2v) is 11.1. The lowest BCUT2D eigenvalue weighted by Gasteiger charge is -2.51. The van der Waals surface area contributed by atoms with Gasteiger partial charge in [0.25, 0.3) is 0 Å². The van der Waals surface area contributed by atoms with E-state index in [0.29, 0.717) is 24.1 Å². The van der Waals surface area contributed by atoms with Crippen molar-refractivity contribution in [3.63, 3.8) is 0 Å². The monoisotopic (exact) mass is 472 g/mol. The van der Waals surface area contributed by atoms with Crippen LogP contribution >= 0.6 is 11.6 Å². The van der Waals surface area contributed by atoms with E-state index in [-0.39, 0.29) is 17.9 Å². The van der Waals surface area contributed by atoms with Crippen molar-refractivity contribution in [2.45, 2.75) is 50.1 Å². The molecule has 4 rings (SSSR count). The molecule has 1 saturated heterocycles. The Hall–Kier alpha value is -1.69. The number of rotatable bonds is 8. The quantitative estimate of drug-likeness (QED) is 0.619. The largest absolute Gasteiger partial charge is 0.339 e. The molecule has 1 saturated carbocycles. The number of likely N-dealkylation sites (tertiary alicyclic amines) is 1. The van der Waals surface area contributed by atoms with E-state index in [0.717, 1.165) is 43.8 Å². The topological polar surface area (TPSA) is 49.4 Å². The molecule has 2 aromatic carbocycles. The van der Waals surface area contributed by atoms with Crippen LogP contribution in [-0.4, -0.2) is 52.2 Å². The van der Waals surface area contributed by atoms with E-state index in [4.69, 9.17) is 11.6 Å². The Morgan fingerprint density at radius 2 is 1.84 bits per heavy atom. The van der Waals surface area contributed by atoms with E-state index in [1.807, 2.05) is 18.2 Å². The number of nitrogens with zero attached hydrogens (tertiary/aromatic N) is 1. The van der Waals surface area contributed by atoms with Crippen LogP contribution in [0.2, 0.25) is 5.02 Å². The summed E-state index contributed by atoms with van der Waals surface area (Å²) in [5.41, 5.74) is 2.47. The molecule has 0 spiro atoms. The van der Waals surface area contributed by atoms with Crippen LogP contribution in [0.3, 0.4) is 0 Å². The first-order valence-corrected chi connectivity index (χ1v) is 13.8. The fraction of sp³-hybridized carbons (Fsp3) is 0.500. The van der Waals surface area contributed by atoms with Gasteiger partial charge >= 0.3 is 0 Å². The third-order valence-corrected chi connectivity index (χ3v) is 8.11. The van der Waals surface area contributed by atoms with Crippen molar-refractivity contribution in [3.8, 4) is 0 Å². The van der Waals surface area contributed by atoms with Crippen molar-refractivity contribution in [2.75, 3.05) is 25.1 Å². The standard InChI is InChI=1S/C26H33ClN2O2S/c1-32(31)17-15-28-23-8-5-9-24-26(23)22(20-10-12-21(27)13-11-20)18-25(30)29(24)16-14-19-6-3-2-4-7-19/h2-4,6-7,10-13,22-24,26,28H,5,8-9,14-18H2,1H3/t22-,23+,24-,26+,32-/m1/s1. The van der Waals surface area contributed by atoms with Crippen LogP contribution in [0.15, 0.2) is 54.6 Å². The number of hydrogen-bond donors (Lipinski definition) is 1. The molecule has 5 atom stereocenters. The first-order chi connectivity index (χ1) is 15.5. The Morgan fingerprint density at radius 1 is 1.09 bits per heavy atom. The summed E-state index contributed by atoms with van der Waals surface area (Å²) in [4.78, 5) is 15.5. The van der Waals surface area contributed by atoms with Crippen LogP contribution in [0.5, 0.6) is 0 Å². The van der Waals surface area contributed by atoms with Gasteiger partial charge in [-0.05, 0) is 54.9 Å². The van der Waals surface area contributed by atoms with Gasteiger partial charge in [0.1, 0.15) is 0 Å². The van der Waals surface area contributed by atoms with E-state index < -0.39 is 10.8 Å². The van der Waals surface area contributed by atoms with Gasteiger partial charge in [-0.2, -0.15) is 0 Å². The molecule has 1 N–H and O–H groups in total. The molecule has 0 radical (unpaired) electrons. The predicted molar refractivity (Wildman–Crippen MR) is 133 cm³/mol. The molecule has 2 aliphatic rings. The summed E-state index contributed by atoms with van der Waals surface area (Å²) in [5.74, 6) is 1.46. The highest BCUT2D eigenvalue weighted by Crippen LogP contribution is 2.45. The molecule has 2 fully saturated rings. The Kier molecular flexibility index (Phi) is 8.03. The highest BCUT2D eigenvalue weighted by Gasteiger charge is 2.47. The minimum absolute atomic E-state index is 0.183. The average Bonchev–Trinajstić information content (AvgIpc) is 2.79. The molecule has 6 heteroatoms. The summed E-state index contributed by atoms with van der Waals surface area (Å²) in [5, 5.41) is 4.44. The molecule has 32 heavy (non-hydrogen) atoms. The minimum atomic E-state index is -0.806. The predicted octanol–water partition coefficient (Wildman–Crippen LogP) is 4.40. The molecule has 1 amide bonds. The van der Waals surface area contributed by atoms with Gasteiger partial charge in [0.05, 0.1) is 0 Å². The van der Waals surface area contributed by atoms with Crippen molar-refractivity contribution in [1.82, 2.24) is 10.2 Å². The van der Waals surface area contributed by atoms with Crippen molar-refractivity contribution in [3.05, 3.63) is 70.7 Å². The second kappa shape index (κ2) is 11.0. The van der Waals surface area contributed by atoms with Gasteiger partial charge in [0.2, 0.25) is 5.91 Å². The maximum absolute atomic E-state index is 13.4. The Labute approximate surface area is 199 Å². The number of halogens is 1. The van der Waals surface area contributed by atoms with Crippen LogP contribution in [-0.2, 0) is 22.0 Å². The molecule has 1 aliphatic heterocycles. The van der Waals surface area contributed by atoms with Crippen LogP contribution in [0, 0.1) is 5.92 Å². The lowest BCUT2D eigenvalue weighted by molar-refractivity contribution is -0.142. The average molecular weight is 473 g/mol. The van der Waals surface area contributed by atoms with Crippen LogP contribution in [0.4, 0.5) is 0 Å². The highest BCUT2D eigenvalue weighted by atomic mass is 35.5. The molecule has 0 bridgehead atoms. The zero-order valence-corrected chi connectivity index (χ0v) is 20.3. The van der Waals surface area contributed by atoms with Gasteiger partial charge < -0.3 is 10.2 Å². The van der Waals surface area contributed by atoms with Gasteiger partial charge in [-0.3, -0.25) is 9.00 Å². The number of fused-ring (bicyclic) bond motifs is 1. The fourth-order valence-corrected chi connectivity index (χ4v) is 6.13. The highest BCUT2D eigenvalue weighted by molar-refractivity contribution is 7.84. The van der Waals surface area contributed by atoms with Crippen LogP contribution < -0.4 is 5.32 Å². The van der Waals surface area contributed by atoms with E-state index in [1.165, 1.54) is 11.1 Å². The van der Waals surface area contributed by atoms with Crippen LogP contribution in [0.25, 0.3) is 0 Å². The molecular formula is C26H33ClN2O2S. The number of piperidine rings is 1. The van der Waals surface area contributed by atoms with E-state index in [2.05, 4.69) is 46.6 Å². The van der Waals surface area contributed by atoms with Crippen molar-refractivity contribution in [1.29, 1.82) is 0 Å². The third kappa shape index (κ3) is 5.62. The molecule has 0 aromatic heterocycles. The fourth-order valence-electron chi connectivity index (χ4n) is 5.60. The van der Waals surface area contributed by atoms with E-state index in [1.54, 1.807) is 6.26 Å². The molecule has 1 heterocycles. The molecule has 0 unspecified atom stereocenters. The normalized spacial score (nSPS) is 26.6. The second-order valence-electron chi connectivity index (χ2n) is 9.10. The molecule has 2 aromatic rings. The summed E-state index contributed by atoms with van der Waals surface area (Å²) < 4.78 is 11.6. The number of nitrogens with one attached hydrogen (secondary N) is 1. The molecule has 4 nitrogen and oxygen atoms in total. The lowest BCUT2D eigenvalue weighted by atomic mass is 9.66. The summed E-state index contributed by atoms with van der Waals surface area (Å²) in [6.45, 7) is 1.52. The number of hydrogen-bond acceptors (Lipinski definition) is 3. The zero-order chi connectivity index (χ0) is 22.5. The smallest absolute Gasteiger partial charge is 0.223 e. The Balaban J connectivity index is 1.57. The third-order valence-electron chi connectivity index (χ3n) is 7.08. The first-order valence-electron chi connectivity index (χ1n) is 11.6. The van der Waals surface area contributed by atoms with Crippen molar-refractivity contribution >= 4 is 28.3 Å². The maximum Gasteiger partial charge on any atom is 0.223 e. The van der Waals surface area contributed by atoms with Crippen LogP contribution in [0.1, 0.15) is 42.7 Å². The molecule has 172 valence electrons. The summed E-state index contributed by atoms with van der Waals surface area (Å²) in [6.07, 6.45) is 6.43. The van der Waals surface area contributed by atoms with Crippen molar-refractivity contribution in [2.24, 2.45) is 5.92 Å². The van der Waals surface area contributed by atoms with Crippen molar-refractivity contribution < 1.29 is 9.00 Å². The molecular weight excluding hydrogens is 440 g/mol. The van der Waals surface area contributed by atoms with Gasteiger partial charge in [-0.15, -0.1) is 0 Å². The Morgan fingerprint density at radius 3 is 2.56 bits per heavy atom. The number of carbonyl (C=O) groups excluding carboxylic acids is 1. The van der Waals surface area contributed by atoms with Gasteiger partial charge in [-0.25, -0.2) is 0 Å². The van der Waals surface area contributed by atoms with Gasteiger partial charge in [0.15, 0.2) is 0 Å². The number of benzene rings is 2. The lowest BCUT2D eigenvalue weighted by Crippen LogP contribution is -2.60. The van der Waals surface area contributed by atoms with E-state index in [9.17, 15) is 9.00 Å².